The van der Waals surface area contributed by atoms with Gasteiger partial charge >= 0.3 is 0 Å². The number of carbonyl (C=O) groups is 2. The molecular weight excluding hydrogens is 312 g/mol. The lowest BCUT2D eigenvalue weighted by Gasteiger charge is -2.10. The van der Waals surface area contributed by atoms with E-state index in [1.54, 1.807) is 24.3 Å². The maximum Gasteiger partial charge on any atom is 0.251 e. The van der Waals surface area contributed by atoms with Gasteiger partial charge in [-0.2, -0.15) is 0 Å². The van der Waals surface area contributed by atoms with Crippen LogP contribution in [0, 0.1) is 13.8 Å². The summed E-state index contributed by atoms with van der Waals surface area (Å²) in [6.45, 7) is 4.05. The largest absolute Gasteiger partial charge is 0.352 e. The van der Waals surface area contributed by atoms with Crippen molar-refractivity contribution in [3.8, 4) is 0 Å². The Hall–Kier alpha value is -2.33. The minimum absolute atomic E-state index is 0.167. The van der Waals surface area contributed by atoms with Crippen LogP contribution in [0.3, 0.4) is 0 Å². The zero-order chi connectivity index (χ0) is 16.8. The van der Waals surface area contributed by atoms with Crippen molar-refractivity contribution in [2.75, 3.05) is 11.9 Å². The summed E-state index contributed by atoms with van der Waals surface area (Å²) >= 11 is 6.02. The Kier molecular flexibility index (Phi) is 5.77. The first-order valence-corrected chi connectivity index (χ1v) is 7.75. The average Bonchev–Trinajstić information content (AvgIpc) is 2.52. The van der Waals surface area contributed by atoms with Gasteiger partial charge in [0.2, 0.25) is 5.91 Å². The fourth-order valence-electron chi connectivity index (χ4n) is 2.13. The molecule has 0 fully saturated rings. The van der Waals surface area contributed by atoms with E-state index in [0.717, 1.165) is 11.1 Å². The Bertz CT molecular complexity index is 729. The van der Waals surface area contributed by atoms with Crippen LogP contribution in [0.15, 0.2) is 42.5 Å². The van der Waals surface area contributed by atoms with Gasteiger partial charge in [-0.05, 0) is 43.7 Å². The van der Waals surface area contributed by atoms with Crippen LogP contribution in [0.4, 0.5) is 5.69 Å². The number of aryl methyl sites for hydroxylation is 1. The van der Waals surface area contributed by atoms with Gasteiger partial charge in [0.1, 0.15) is 0 Å². The first-order valence-electron chi connectivity index (χ1n) is 7.37. The number of carbonyl (C=O) groups excluding carboxylic acids is 2. The van der Waals surface area contributed by atoms with Crippen LogP contribution in [0.2, 0.25) is 5.02 Å². The Morgan fingerprint density at radius 1 is 1.09 bits per heavy atom. The van der Waals surface area contributed by atoms with Crippen molar-refractivity contribution in [2.24, 2.45) is 0 Å². The topological polar surface area (TPSA) is 58.2 Å². The normalized spacial score (nSPS) is 10.2. The summed E-state index contributed by atoms with van der Waals surface area (Å²) in [5, 5.41) is 6.15. The van der Waals surface area contributed by atoms with Crippen molar-refractivity contribution in [1.29, 1.82) is 0 Å². The highest BCUT2D eigenvalue weighted by molar-refractivity contribution is 6.31. The molecular formula is C18H19ClN2O2. The van der Waals surface area contributed by atoms with Crippen molar-refractivity contribution >= 4 is 29.1 Å². The predicted octanol–water partition coefficient (Wildman–Crippen LogP) is 3.72. The van der Waals surface area contributed by atoms with Gasteiger partial charge in [0.05, 0.1) is 0 Å². The molecule has 0 saturated heterocycles. The molecule has 0 spiro atoms. The van der Waals surface area contributed by atoms with Crippen LogP contribution in [0.25, 0.3) is 0 Å². The van der Waals surface area contributed by atoms with Gasteiger partial charge in [-0.3, -0.25) is 9.59 Å². The van der Waals surface area contributed by atoms with Crippen LogP contribution >= 0.6 is 11.6 Å². The van der Waals surface area contributed by atoms with Crippen LogP contribution in [0.5, 0.6) is 0 Å². The van der Waals surface area contributed by atoms with Crippen LogP contribution in [-0.4, -0.2) is 18.4 Å². The summed E-state index contributed by atoms with van der Waals surface area (Å²) in [4.78, 5) is 23.9. The number of hydrogen-bond donors (Lipinski definition) is 2. The summed E-state index contributed by atoms with van der Waals surface area (Å²) in [6, 6.07) is 12.7. The number of nitrogens with one attached hydrogen (secondary N) is 2. The monoisotopic (exact) mass is 330 g/mol. The Morgan fingerprint density at radius 2 is 1.83 bits per heavy atom. The minimum atomic E-state index is -0.180. The van der Waals surface area contributed by atoms with Crippen molar-refractivity contribution in [2.45, 2.75) is 20.3 Å². The number of benzene rings is 2. The second-order valence-electron chi connectivity index (χ2n) is 5.34. The van der Waals surface area contributed by atoms with E-state index in [1.807, 2.05) is 32.0 Å². The van der Waals surface area contributed by atoms with E-state index in [0.29, 0.717) is 16.3 Å². The first kappa shape index (κ1) is 17.0. The summed E-state index contributed by atoms with van der Waals surface area (Å²) in [6.07, 6.45) is 0.198. The number of hydrogen-bond acceptors (Lipinski definition) is 2. The van der Waals surface area contributed by atoms with Crippen LogP contribution in [0.1, 0.15) is 27.9 Å². The van der Waals surface area contributed by atoms with E-state index in [-0.39, 0.29) is 24.8 Å². The lowest BCUT2D eigenvalue weighted by Crippen LogP contribution is -2.27. The predicted molar refractivity (Wildman–Crippen MR) is 92.9 cm³/mol. The molecule has 0 unspecified atom stereocenters. The van der Waals surface area contributed by atoms with Gasteiger partial charge in [0.15, 0.2) is 0 Å². The Balaban J connectivity index is 1.83. The highest BCUT2D eigenvalue weighted by atomic mass is 35.5. The molecule has 0 bridgehead atoms. The molecule has 2 amide bonds. The number of rotatable bonds is 5. The molecule has 0 atom stereocenters. The molecule has 0 heterocycles. The minimum Gasteiger partial charge on any atom is -0.352 e. The maximum absolute atomic E-state index is 12.0. The highest BCUT2D eigenvalue weighted by Gasteiger charge is 2.09. The van der Waals surface area contributed by atoms with E-state index in [2.05, 4.69) is 10.6 Å². The third-order valence-electron chi connectivity index (χ3n) is 3.46. The SMILES string of the molecule is Cc1cccc(C(=O)NCCC(=O)Nc2cccc(Cl)c2C)c1. The molecule has 0 radical (unpaired) electrons. The van der Waals surface area contributed by atoms with Crippen molar-refractivity contribution < 1.29 is 9.59 Å². The second-order valence-corrected chi connectivity index (χ2v) is 5.74. The van der Waals surface area contributed by atoms with Gasteiger partial charge in [0, 0.05) is 29.2 Å². The van der Waals surface area contributed by atoms with Crippen LogP contribution in [-0.2, 0) is 4.79 Å². The summed E-state index contributed by atoms with van der Waals surface area (Å²) < 4.78 is 0. The lowest BCUT2D eigenvalue weighted by atomic mass is 10.1. The molecule has 120 valence electrons. The lowest BCUT2D eigenvalue weighted by molar-refractivity contribution is -0.116. The first-order chi connectivity index (χ1) is 11.0. The van der Waals surface area contributed by atoms with Gasteiger partial charge in [-0.25, -0.2) is 0 Å². The number of halogens is 1. The van der Waals surface area contributed by atoms with Crippen molar-refractivity contribution in [3.05, 3.63) is 64.2 Å². The molecule has 23 heavy (non-hydrogen) atoms. The molecule has 2 aromatic rings. The number of anilines is 1. The van der Waals surface area contributed by atoms with Gasteiger partial charge < -0.3 is 10.6 Å². The molecule has 2 rings (SSSR count). The average molecular weight is 331 g/mol. The Morgan fingerprint density at radius 3 is 2.57 bits per heavy atom. The number of amides is 2. The van der Waals surface area contributed by atoms with Crippen molar-refractivity contribution in [1.82, 2.24) is 5.32 Å². The summed E-state index contributed by atoms with van der Waals surface area (Å²) in [5.74, 6) is -0.347. The second kappa shape index (κ2) is 7.79. The molecule has 0 aliphatic rings. The molecule has 4 nitrogen and oxygen atoms in total. The van der Waals surface area contributed by atoms with E-state index >= 15 is 0 Å². The van der Waals surface area contributed by atoms with Gasteiger partial charge in [-0.15, -0.1) is 0 Å². The molecule has 0 aromatic heterocycles. The van der Waals surface area contributed by atoms with E-state index in [9.17, 15) is 9.59 Å². The Labute approximate surface area is 140 Å². The van der Waals surface area contributed by atoms with Crippen LogP contribution < -0.4 is 10.6 Å². The zero-order valence-electron chi connectivity index (χ0n) is 13.2. The van der Waals surface area contributed by atoms with Gasteiger partial charge in [0.25, 0.3) is 5.91 Å². The van der Waals surface area contributed by atoms with E-state index in [4.69, 9.17) is 11.6 Å². The van der Waals surface area contributed by atoms with Gasteiger partial charge in [-0.1, -0.05) is 35.4 Å². The molecule has 2 aromatic carbocycles. The maximum atomic E-state index is 12.0. The summed E-state index contributed by atoms with van der Waals surface area (Å²) in [5.41, 5.74) is 3.13. The quantitative estimate of drug-likeness (QED) is 0.878. The molecule has 0 saturated carbocycles. The molecule has 2 N–H and O–H groups in total. The van der Waals surface area contributed by atoms with E-state index in [1.165, 1.54) is 0 Å². The molecule has 5 heteroatoms. The molecule has 0 aliphatic heterocycles. The molecule has 0 aliphatic carbocycles. The smallest absolute Gasteiger partial charge is 0.251 e. The van der Waals surface area contributed by atoms with Crippen molar-refractivity contribution in [3.63, 3.8) is 0 Å². The fourth-order valence-corrected chi connectivity index (χ4v) is 2.31. The third-order valence-corrected chi connectivity index (χ3v) is 3.87. The fraction of sp³-hybridized carbons (Fsp3) is 0.222. The summed E-state index contributed by atoms with van der Waals surface area (Å²) in [7, 11) is 0. The standard InChI is InChI=1S/C18H19ClN2O2/c1-12-5-3-6-14(11-12)18(23)20-10-9-17(22)21-16-8-4-7-15(19)13(16)2/h3-8,11H,9-10H2,1-2H3,(H,20,23)(H,21,22). The zero-order valence-corrected chi connectivity index (χ0v) is 13.9. The highest BCUT2D eigenvalue weighted by Crippen LogP contribution is 2.22. The third kappa shape index (κ3) is 4.83. The van der Waals surface area contributed by atoms with E-state index < -0.39 is 0 Å².